The molecule has 0 amide bonds. The molecule has 2 aromatic carbocycles. The summed E-state index contributed by atoms with van der Waals surface area (Å²) in [7, 11) is 0. The number of fused-ring (bicyclic) bond motifs is 1. The first kappa shape index (κ1) is 17.0. The molecule has 0 aliphatic rings. The van der Waals surface area contributed by atoms with Crippen LogP contribution in [0.15, 0.2) is 40.8 Å². The van der Waals surface area contributed by atoms with E-state index in [0.29, 0.717) is 22.3 Å². The Morgan fingerprint density at radius 3 is 2.52 bits per heavy atom. The molecule has 0 aliphatic carbocycles. The van der Waals surface area contributed by atoms with E-state index >= 15 is 0 Å². The first-order valence-corrected chi connectivity index (χ1v) is 8.14. The zero-order valence-electron chi connectivity index (χ0n) is 14.3. The largest absolute Gasteiger partial charge is 0.508 e. The zero-order chi connectivity index (χ0) is 18.1. The zero-order valence-corrected chi connectivity index (χ0v) is 14.3. The monoisotopic (exact) mass is 342 g/mol. The molecule has 0 bridgehead atoms. The van der Waals surface area contributed by atoms with Crippen LogP contribution in [0.1, 0.15) is 42.6 Å². The molecule has 1 N–H and O–H groups in total. The fraction of sp³-hybridized carbons (Fsp3) is 0.250. The maximum atomic E-state index is 13.2. The van der Waals surface area contributed by atoms with E-state index in [-0.39, 0.29) is 29.7 Å². The second-order valence-electron chi connectivity index (χ2n) is 6.10. The van der Waals surface area contributed by atoms with Crippen LogP contribution in [0.25, 0.3) is 22.3 Å². The summed E-state index contributed by atoms with van der Waals surface area (Å²) in [5, 5.41) is 10.8. The van der Waals surface area contributed by atoms with E-state index in [1.165, 1.54) is 18.2 Å². The van der Waals surface area contributed by atoms with E-state index in [1.54, 1.807) is 25.1 Å². The van der Waals surface area contributed by atoms with Gasteiger partial charge in [-0.3, -0.25) is 0 Å². The van der Waals surface area contributed by atoms with Gasteiger partial charge in [-0.05, 0) is 49.2 Å². The highest BCUT2D eigenvalue weighted by Crippen LogP contribution is 2.39. The second-order valence-corrected chi connectivity index (χ2v) is 6.10. The van der Waals surface area contributed by atoms with Crippen molar-refractivity contribution in [2.24, 2.45) is 0 Å². The molecule has 0 spiro atoms. The minimum absolute atomic E-state index is 0.0924. The first-order valence-electron chi connectivity index (χ1n) is 8.14. The van der Waals surface area contributed by atoms with Crippen molar-refractivity contribution < 1.29 is 23.4 Å². The van der Waals surface area contributed by atoms with Crippen LogP contribution in [0.2, 0.25) is 0 Å². The summed E-state index contributed by atoms with van der Waals surface area (Å²) in [5.41, 5.74) is 1.99. The number of halogens is 1. The predicted octanol–water partition coefficient (Wildman–Crippen LogP) is 5.24. The molecule has 0 unspecified atom stereocenters. The molecule has 0 aliphatic heterocycles. The molecular formula is C20H19FO4. The number of ether oxygens (including phenoxy) is 1. The quantitative estimate of drug-likeness (QED) is 0.658. The third-order valence-corrected chi connectivity index (χ3v) is 4.05. The van der Waals surface area contributed by atoms with Crippen LogP contribution in [-0.2, 0) is 4.74 Å². The molecule has 4 nitrogen and oxygen atoms in total. The van der Waals surface area contributed by atoms with Crippen LogP contribution in [0.4, 0.5) is 4.39 Å². The lowest BCUT2D eigenvalue weighted by molar-refractivity contribution is 0.0529. The molecule has 3 rings (SSSR count). The van der Waals surface area contributed by atoms with Crippen molar-refractivity contribution in [1.82, 2.24) is 0 Å². The average molecular weight is 342 g/mol. The molecule has 0 atom stereocenters. The number of phenolic OH excluding ortho intramolecular Hbond substituents is 1. The number of aromatic hydroxyl groups is 1. The summed E-state index contributed by atoms with van der Waals surface area (Å²) >= 11 is 0. The molecule has 0 fully saturated rings. The SMILES string of the molecule is CCOC(=O)c1c(-c2ccc(F)cc2)oc2cc(C(C)C)c(O)cc12. The third kappa shape index (κ3) is 3.09. The normalized spacial score (nSPS) is 11.2. The summed E-state index contributed by atoms with van der Waals surface area (Å²) in [6.07, 6.45) is 0. The van der Waals surface area contributed by atoms with Crippen molar-refractivity contribution in [1.29, 1.82) is 0 Å². The maximum Gasteiger partial charge on any atom is 0.342 e. The number of phenols is 1. The van der Waals surface area contributed by atoms with Gasteiger partial charge in [-0.2, -0.15) is 0 Å². The van der Waals surface area contributed by atoms with Crippen LogP contribution >= 0.6 is 0 Å². The molecule has 3 aromatic rings. The number of esters is 1. The first-order chi connectivity index (χ1) is 11.9. The summed E-state index contributed by atoms with van der Waals surface area (Å²) < 4.78 is 24.3. The Hall–Kier alpha value is -2.82. The summed E-state index contributed by atoms with van der Waals surface area (Å²) in [6.45, 7) is 5.84. The lowest BCUT2D eigenvalue weighted by Crippen LogP contribution is -2.05. The minimum atomic E-state index is -0.544. The van der Waals surface area contributed by atoms with E-state index in [4.69, 9.17) is 9.15 Å². The molecular weight excluding hydrogens is 323 g/mol. The number of benzene rings is 2. The van der Waals surface area contributed by atoms with Gasteiger partial charge in [0, 0.05) is 16.5 Å². The molecule has 130 valence electrons. The predicted molar refractivity (Wildman–Crippen MR) is 93.3 cm³/mol. The van der Waals surface area contributed by atoms with Crippen molar-refractivity contribution in [3.63, 3.8) is 0 Å². The van der Waals surface area contributed by atoms with Crippen molar-refractivity contribution in [2.75, 3.05) is 6.61 Å². The van der Waals surface area contributed by atoms with Crippen molar-refractivity contribution in [3.8, 4) is 17.1 Å². The number of carbonyl (C=O) groups is 1. The Balaban J connectivity index is 2.29. The van der Waals surface area contributed by atoms with Gasteiger partial charge in [-0.15, -0.1) is 0 Å². The molecule has 25 heavy (non-hydrogen) atoms. The summed E-state index contributed by atoms with van der Waals surface area (Å²) in [5.74, 6) is -0.433. The van der Waals surface area contributed by atoms with Gasteiger partial charge in [0.05, 0.1) is 6.61 Å². The van der Waals surface area contributed by atoms with Gasteiger partial charge in [0.1, 0.15) is 28.5 Å². The van der Waals surface area contributed by atoms with Crippen molar-refractivity contribution in [2.45, 2.75) is 26.7 Å². The van der Waals surface area contributed by atoms with E-state index in [1.807, 2.05) is 13.8 Å². The smallest absolute Gasteiger partial charge is 0.342 e. The highest BCUT2D eigenvalue weighted by Gasteiger charge is 2.25. The second kappa shape index (κ2) is 6.59. The minimum Gasteiger partial charge on any atom is -0.508 e. The fourth-order valence-electron chi connectivity index (χ4n) is 2.82. The number of hydrogen-bond acceptors (Lipinski definition) is 4. The van der Waals surface area contributed by atoms with Crippen LogP contribution in [0, 0.1) is 5.82 Å². The third-order valence-electron chi connectivity index (χ3n) is 4.05. The van der Waals surface area contributed by atoms with Crippen LogP contribution in [0.3, 0.4) is 0 Å². The maximum absolute atomic E-state index is 13.2. The fourth-order valence-corrected chi connectivity index (χ4v) is 2.82. The Morgan fingerprint density at radius 1 is 1.24 bits per heavy atom. The lowest BCUT2D eigenvalue weighted by Gasteiger charge is -2.08. The number of hydrogen-bond donors (Lipinski definition) is 1. The molecule has 1 aromatic heterocycles. The molecule has 5 heteroatoms. The van der Waals surface area contributed by atoms with E-state index in [2.05, 4.69) is 0 Å². The van der Waals surface area contributed by atoms with Crippen molar-refractivity contribution >= 4 is 16.9 Å². The average Bonchev–Trinajstić information content (AvgIpc) is 2.93. The Morgan fingerprint density at radius 2 is 1.92 bits per heavy atom. The summed E-state index contributed by atoms with van der Waals surface area (Å²) in [4.78, 5) is 12.5. The van der Waals surface area contributed by atoms with Crippen LogP contribution < -0.4 is 0 Å². The standard InChI is InChI=1S/C20H19FO4/c1-4-24-20(23)18-15-9-16(22)14(11(2)3)10-17(15)25-19(18)12-5-7-13(21)8-6-12/h5-11,22H,4H2,1-3H3. The number of carbonyl (C=O) groups excluding carboxylic acids is 1. The Kier molecular flexibility index (Phi) is 4.49. The number of rotatable bonds is 4. The highest BCUT2D eigenvalue weighted by atomic mass is 19.1. The van der Waals surface area contributed by atoms with Crippen LogP contribution in [0.5, 0.6) is 5.75 Å². The van der Waals surface area contributed by atoms with E-state index in [0.717, 1.165) is 5.56 Å². The van der Waals surface area contributed by atoms with Crippen molar-refractivity contribution in [3.05, 3.63) is 53.3 Å². The van der Waals surface area contributed by atoms with Crippen LogP contribution in [-0.4, -0.2) is 17.7 Å². The molecule has 0 saturated carbocycles. The Labute approximate surface area is 144 Å². The topological polar surface area (TPSA) is 59.7 Å². The van der Waals surface area contributed by atoms with E-state index in [9.17, 15) is 14.3 Å². The van der Waals surface area contributed by atoms with Gasteiger partial charge < -0.3 is 14.3 Å². The lowest BCUT2D eigenvalue weighted by atomic mass is 9.99. The van der Waals surface area contributed by atoms with E-state index < -0.39 is 5.97 Å². The van der Waals surface area contributed by atoms with Gasteiger partial charge in [-0.25, -0.2) is 9.18 Å². The van der Waals surface area contributed by atoms with Gasteiger partial charge in [0.25, 0.3) is 0 Å². The number of furan rings is 1. The van der Waals surface area contributed by atoms with Gasteiger partial charge in [-0.1, -0.05) is 13.8 Å². The Bertz CT molecular complexity index is 923. The van der Waals surface area contributed by atoms with Gasteiger partial charge in [0.15, 0.2) is 0 Å². The molecule has 0 radical (unpaired) electrons. The highest BCUT2D eigenvalue weighted by molar-refractivity contribution is 6.09. The summed E-state index contributed by atoms with van der Waals surface area (Å²) in [6, 6.07) is 8.93. The molecule has 0 saturated heterocycles. The van der Waals surface area contributed by atoms with Gasteiger partial charge >= 0.3 is 5.97 Å². The molecule has 1 heterocycles. The van der Waals surface area contributed by atoms with Gasteiger partial charge in [0.2, 0.25) is 0 Å².